The topological polar surface area (TPSA) is 99.5 Å². The van der Waals surface area contributed by atoms with Crippen LogP contribution >= 0.6 is 22.7 Å². The molecule has 9 heteroatoms. The van der Waals surface area contributed by atoms with Crippen LogP contribution in [0.15, 0.2) is 34.0 Å². The summed E-state index contributed by atoms with van der Waals surface area (Å²) in [6.07, 6.45) is 1.04. The second-order valence-electron chi connectivity index (χ2n) is 6.00. The van der Waals surface area contributed by atoms with Crippen LogP contribution < -0.4 is 10.6 Å². The molecule has 27 heavy (non-hydrogen) atoms. The number of thiazole rings is 2. The van der Waals surface area contributed by atoms with Crippen molar-refractivity contribution >= 4 is 39.5 Å². The van der Waals surface area contributed by atoms with Gasteiger partial charge in [-0.3, -0.25) is 9.79 Å². The smallest absolute Gasteiger partial charge is 0.197 e. The number of carbonyl (C=O) groups excluding carboxylic acids is 1. The summed E-state index contributed by atoms with van der Waals surface area (Å²) in [6, 6.07) is 4.98. The van der Waals surface area contributed by atoms with Gasteiger partial charge in [0.05, 0.1) is 5.56 Å². The highest BCUT2D eigenvalue weighted by atomic mass is 32.1. The number of nitrogens with zero attached hydrogens (tertiary/aromatic N) is 3. The molecule has 0 fully saturated rings. The third-order valence-electron chi connectivity index (χ3n) is 4.02. The molecule has 1 aliphatic heterocycles. The zero-order chi connectivity index (χ0) is 18.8. The highest BCUT2D eigenvalue weighted by Gasteiger charge is 2.14. The summed E-state index contributed by atoms with van der Waals surface area (Å²) in [5.41, 5.74) is 2.63. The molecule has 1 aliphatic rings. The van der Waals surface area contributed by atoms with E-state index in [-0.39, 0.29) is 11.5 Å². The number of rotatable bonds is 4. The molecule has 1 aromatic carbocycles. The maximum Gasteiger partial charge on any atom is 0.197 e. The monoisotopic (exact) mass is 399 g/mol. The zero-order valence-corrected chi connectivity index (χ0v) is 16.2. The first-order valence-corrected chi connectivity index (χ1v) is 10.2. The molecule has 2 aromatic heterocycles. The molecule has 0 saturated heterocycles. The highest BCUT2D eigenvalue weighted by molar-refractivity contribution is 7.14. The summed E-state index contributed by atoms with van der Waals surface area (Å²) in [7, 11) is 0. The van der Waals surface area contributed by atoms with Crippen molar-refractivity contribution < 1.29 is 9.90 Å². The number of hydrogen-bond acceptors (Lipinski definition) is 9. The number of guanidine groups is 1. The molecule has 4 rings (SSSR count). The Morgan fingerprint density at radius 3 is 2.78 bits per heavy atom. The van der Waals surface area contributed by atoms with Crippen molar-refractivity contribution in [2.45, 2.75) is 13.3 Å². The van der Waals surface area contributed by atoms with E-state index >= 15 is 0 Å². The molecule has 0 unspecified atom stereocenters. The van der Waals surface area contributed by atoms with Crippen molar-refractivity contribution in [2.24, 2.45) is 4.99 Å². The number of anilines is 1. The molecule has 3 heterocycles. The van der Waals surface area contributed by atoms with Crippen molar-refractivity contribution in [3.05, 3.63) is 34.5 Å². The number of ketones is 1. The van der Waals surface area contributed by atoms with Crippen LogP contribution in [0.1, 0.15) is 23.7 Å². The SMILES string of the molecule is CC(=O)c1ccc(-c2nc(-c3csc(NC4=NCCCN4)n3)cs2)cc1O. The normalized spacial score (nSPS) is 13.7. The number of nitrogens with one attached hydrogen (secondary N) is 2. The van der Waals surface area contributed by atoms with E-state index in [1.54, 1.807) is 18.2 Å². The van der Waals surface area contributed by atoms with Crippen LogP contribution in [0.4, 0.5) is 5.13 Å². The molecular weight excluding hydrogens is 382 g/mol. The Morgan fingerprint density at radius 1 is 1.22 bits per heavy atom. The third-order valence-corrected chi connectivity index (χ3v) is 5.67. The number of aromatic hydroxyl groups is 1. The van der Waals surface area contributed by atoms with Crippen molar-refractivity contribution in [1.29, 1.82) is 0 Å². The molecule has 7 nitrogen and oxygen atoms in total. The van der Waals surface area contributed by atoms with Crippen LogP contribution in [-0.2, 0) is 0 Å². The van der Waals surface area contributed by atoms with Crippen molar-refractivity contribution in [3.8, 4) is 27.7 Å². The maximum absolute atomic E-state index is 11.4. The molecule has 0 atom stereocenters. The predicted molar refractivity (Wildman–Crippen MR) is 109 cm³/mol. The van der Waals surface area contributed by atoms with E-state index in [4.69, 9.17) is 0 Å². The summed E-state index contributed by atoms with van der Waals surface area (Å²) >= 11 is 2.96. The van der Waals surface area contributed by atoms with Gasteiger partial charge in [-0.2, -0.15) is 0 Å². The van der Waals surface area contributed by atoms with Gasteiger partial charge in [0.15, 0.2) is 16.9 Å². The summed E-state index contributed by atoms with van der Waals surface area (Å²) < 4.78 is 0. The van der Waals surface area contributed by atoms with Crippen molar-refractivity contribution in [2.75, 3.05) is 18.4 Å². The second-order valence-corrected chi connectivity index (χ2v) is 7.72. The van der Waals surface area contributed by atoms with Gasteiger partial charge in [0.2, 0.25) is 0 Å². The largest absolute Gasteiger partial charge is 0.507 e. The Morgan fingerprint density at radius 2 is 2.04 bits per heavy atom. The lowest BCUT2D eigenvalue weighted by Crippen LogP contribution is -2.35. The Kier molecular flexibility index (Phi) is 4.87. The zero-order valence-electron chi connectivity index (χ0n) is 14.5. The van der Waals surface area contributed by atoms with Gasteiger partial charge in [0.25, 0.3) is 0 Å². The standard InChI is InChI=1S/C18H17N5O2S2/c1-10(24)12-4-3-11(7-15(12)25)16-21-13(8-26-16)14-9-27-18(22-14)23-17-19-5-2-6-20-17/h3-4,7-9,25H,2,5-6H2,1H3,(H2,19,20,22,23). The molecule has 138 valence electrons. The molecule has 0 aliphatic carbocycles. The lowest BCUT2D eigenvalue weighted by atomic mass is 10.1. The van der Waals surface area contributed by atoms with Gasteiger partial charge in [-0.05, 0) is 25.5 Å². The van der Waals surface area contributed by atoms with Crippen molar-refractivity contribution in [3.63, 3.8) is 0 Å². The van der Waals surface area contributed by atoms with E-state index in [0.29, 0.717) is 5.56 Å². The van der Waals surface area contributed by atoms with Gasteiger partial charge in [-0.15, -0.1) is 22.7 Å². The number of benzene rings is 1. The Labute approximate surface area is 163 Å². The first-order chi connectivity index (χ1) is 13.1. The molecule has 0 bridgehead atoms. The lowest BCUT2D eigenvalue weighted by Gasteiger charge is -2.13. The van der Waals surface area contributed by atoms with Gasteiger partial charge in [-0.1, -0.05) is 6.07 Å². The molecule has 3 N–H and O–H groups in total. The van der Waals surface area contributed by atoms with Gasteiger partial charge < -0.3 is 15.7 Å². The van der Waals surface area contributed by atoms with E-state index in [9.17, 15) is 9.90 Å². The van der Waals surface area contributed by atoms with Crippen LogP contribution in [0, 0.1) is 0 Å². The Hall–Kier alpha value is -2.78. The minimum atomic E-state index is -0.168. The van der Waals surface area contributed by atoms with Crippen LogP contribution in [-0.4, -0.2) is 39.9 Å². The first-order valence-electron chi connectivity index (χ1n) is 8.41. The van der Waals surface area contributed by atoms with Gasteiger partial charge in [0.1, 0.15) is 22.1 Å². The first kappa shape index (κ1) is 17.6. The number of carbonyl (C=O) groups is 1. The Balaban J connectivity index is 1.53. The minimum Gasteiger partial charge on any atom is -0.507 e. The second kappa shape index (κ2) is 7.45. The summed E-state index contributed by atoms with van der Waals surface area (Å²) in [6.45, 7) is 3.16. The van der Waals surface area contributed by atoms with Crippen molar-refractivity contribution in [1.82, 2.24) is 15.3 Å². The maximum atomic E-state index is 11.4. The fourth-order valence-electron chi connectivity index (χ4n) is 2.65. The fourth-order valence-corrected chi connectivity index (χ4v) is 4.17. The minimum absolute atomic E-state index is 0.0300. The lowest BCUT2D eigenvalue weighted by molar-refractivity contribution is 0.101. The number of phenols is 1. The van der Waals surface area contributed by atoms with E-state index in [1.807, 2.05) is 10.8 Å². The number of hydrogen-bond donors (Lipinski definition) is 3. The summed E-state index contributed by atoms with van der Waals surface area (Å²) in [4.78, 5) is 25.0. The van der Waals surface area contributed by atoms with Crippen LogP contribution in [0.5, 0.6) is 5.75 Å². The number of Topliss-reactive ketones (excluding diaryl/α,β-unsaturated/α-hetero) is 1. The quantitative estimate of drug-likeness (QED) is 0.580. The average Bonchev–Trinajstić information content (AvgIpc) is 3.31. The van der Waals surface area contributed by atoms with Gasteiger partial charge in [-0.25, -0.2) is 9.97 Å². The van der Waals surface area contributed by atoms with E-state index in [0.717, 1.165) is 52.6 Å². The van der Waals surface area contributed by atoms with Crippen LogP contribution in [0.3, 0.4) is 0 Å². The van der Waals surface area contributed by atoms with Crippen LogP contribution in [0.25, 0.3) is 22.0 Å². The molecule has 0 amide bonds. The van der Waals surface area contributed by atoms with E-state index in [2.05, 4.69) is 25.6 Å². The van der Waals surface area contributed by atoms with E-state index < -0.39 is 0 Å². The molecule has 0 spiro atoms. The number of aromatic nitrogens is 2. The molecule has 0 saturated carbocycles. The number of phenolic OH excluding ortho intramolecular Hbond substituents is 1. The summed E-state index contributed by atoms with van der Waals surface area (Å²) in [5, 5.41) is 21.8. The molecular formula is C18H17N5O2S2. The van der Waals surface area contributed by atoms with E-state index in [1.165, 1.54) is 29.6 Å². The average molecular weight is 400 g/mol. The third kappa shape index (κ3) is 3.83. The predicted octanol–water partition coefficient (Wildman–Crippen LogP) is 3.60. The number of aliphatic imine (C=N–C) groups is 1. The highest BCUT2D eigenvalue weighted by Crippen LogP contribution is 2.33. The van der Waals surface area contributed by atoms with Gasteiger partial charge >= 0.3 is 0 Å². The Bertz CT molecular complexity index is 1020. The van der Waals surface area contributed by atoms with Crippen LogP contribution in [0.2, 0.25) is 0 Å². The fraction of sp³-hybridized carbons (Fsp3) is 0.222. The summed E-state index contributed by atoms with van der Waals surface area (Å²) in [5.74, 6) is 0.554. The van der Waals surface area contributed by atoms with Gasteiger partial charge in [0, 0.05) is 29.4 Å². The molecule has 0 radical (unpaired) electrons. The molecule has 3 aromatic rings.